The van der Waals surface area contributed by atoms with Gasteiger partial charge in [-0.1, -0.05) is 41.9 Å². The summed E-state index contributed by atoms with van der Waals surface area (Å²) in [4.78, 5) is 15.3. The number of fused-ring (bicyclic) bond motifs is 1. The Morgan fingerprint density at radius 1 is 0.966 bits per heavy atom. The average Bonchev–Trinajstić information content (AvgIpc) is 2.77. The van der Waals surface area contributed by atoms with E-state index >= 15 is 0 Å². The smallest absolute Gasteiger partial charge is 0.254 e. The van der Waals surface area contributed by atoms with Crippen molar-refractivity contribution in [2.24, 2.45) is 0 Å². The topological polar surface area (TPSA) is 38.8 Å². The first kappa shape index (κ1) is 19.3. The summed E-state index contributed by atoms with van der Waals surface area (Å²) in [7, 11) is 3.25. The Hall–Kier alpha value is -2.98. The van der Waals surface area contributed by atoms with Crippen molar-refractivity contribution in [1.29, 1.82) is 0 Å². The molecule has 1 aliphatic heterocycles. The minimum Gasteiger partial charge on any atom is -0.493 e. The minimum atomic E-state index is -0.259. The molecule has 0 bridgehead atoms. The quantitative estimate of drug-likeness (QED) is 0.600. The lowest BCUT2D eigenvalue weighted by molar-refractivity contribution is 0.0694. The second kappa shape index (κ2) is 8.18. The Morgan fingerprint density at radius 2 is 1.69 bits per heavy atom. The van der Waals surface area contributed by atoms with Gasteiger partial charge in [-0.25, -0.2) is 0 Å². The van der Waals surface area contributed by atoms with Crippen molar-refractivity contribution >= 4 is 17.5 Å². The van der Waals surface area contributed by atoms with Gasteiger partial charge >= 0.3 is 0 Å². The predicted octanol–water partition coefficient (Wildman–Crippen LogP) is 5.15. The number of hydrogen-bond acceptors (Lipinski definition) is 3. The van der Waals surface area contributed by atoms with Crippen molar-refractivity contribution in [3.63, 3.8) is 0 Å². The normalized spacial score (nSPS) is 15.6. The van der Waals surface area contributed by atoms with Crippen molar-refractivity contribution in [3.8, 4) is 11.5 Å². The summed E-state index contributed by atoms with van der Waals surface area (Å²) in [6.07, 6.45) is 0.741. The molecule has 1 aliphatic rings. The van der Waals surface area contributed by atoms with E-state index in [1.165, 1.54) is 0 Å². The number of ether oxygens (including phenoxy) is 2. The van der Waals surface area contributed by atoms with Crippen LogP contribution in [0.1, 0.15) is 33.1 Å². The van der Waals surface area contributed by atoms with Gasteiger partial charge in [0.05, 0.1) is 20.3 Å². The highest BCUT2D eigenvalue weighted by Gasteiger charge is 2.33. The van der Waals surface area contributed by atoms with E-state index in [1.54, 1.807) is 14.2 Å². The summed E-state index contributed by atoms with van der Waals surface area (Å²) in [5, 5.41) is 0.641. The number of nitrogens with zero attached hydrogens (tertiary/aromatic N) is 1. The van der Waals surface area contributed by atoms with E-state index in [1.807, 2.05) is 71.6 Å². The SMILES string of the molecule is COc1cc2c(cc1OC)C(c1cccc(Cl)c1)N(C(=O)c1ccccc1)CC2. The summed E-state index contributed by atoms with van der Waals surface area (Å²) in [5.74, 6) is 1.34. The van der Waals surface area contributed by atoms with Crippen LogP contribution in [-0.2, 0) is 6.42 Å². The highest BCUT2D eigenvalue weighted by Crippen LogP contribution is 2.41. The van der Waals surface area contributed by atoms with Crippen LogP contribution in [0.5, 0.6) is 11.5 Å². The molecule has 1 heterocycles. The third kappa shape index (κ3) is 3.68. The monoisotopic (exact) mass is 407 g/mol. The maximum atomic E-state index is 13.4. The first-order valence-corrected chi connectivity index (χ1v) is 9.86. The van der Waals surface area contributed by atoms with Gasteiger partial charge in [0, 0.05) is 17.1 Å². The van der Waals surface area contributed by atoms with Crippen LogP contribution in [0.25, 0.3) is 0 Å². The van der Waals surface area contributed by atoms with Gasteiger partial charge < -0.3 is 14.4 Å². The lowest BCUT2D eigenvalue weighted by atomic mass is 9.87. The third-order valence-electron chi connectivity index (χ3n) is 5.32. The van der Waals surface area contributed by atoms with E-state index in [4.69, 9.17) is 21.1 Å². The van der Waals surface area contributed by atoms with Gasteiger partial charge in [-0.05, 0) is 59.5 Å². The molecule has 0 fully saturated rings. The van der Waals surface area contributed by atoms with E-state index in [0.29, 0.717) is 28.6 Å². The van der Waals surface area contributed by atoms with Gasteiger partial charge in [-0.3, -0.25) is 4.79 Å². The zero-order valence-corrected chi connectivity index (χ0v) is 17.1. The number of benzene rings is 3. The molecule has 3 aromatic rings. The largest absolute Gasteiger partial charge is 0.493 e. The van der Waals surface area contributed by atoms with E-state index in [0.717, 1.165) is 23.1 Å². The third-order valence-corrected chi connectivity index (χ3v) is 5.55. The Balaban J connectivity index is 1.86. The molecule has 0 radical (unpaired) electrons. The molecule has 0 saturated heterocycles. The summed E-state index contributed by atoms with van der Waals surface area (Å²) in [5.41, 5.74) is 3.81. The molecule has 1 amide bonds. The predicted molar refractivity (Wildman–Crippen MR) is 114 cm³/mol. The Labute approximate surface area is 175 Å². The Bertz CT molecular complexity index is 1040. The van der Waals surface area contributed by atoms with Gasteiger partial charge in [-0.15, -0.1) is 0 Å². The van der Waals surface area contributed by atoms with Gasteiger partial charge in [0.15, 0.2) is 11.5 Å². The number of hydrogen-bond donors (Lipinski definition) is 0. The van der Waals surface area contributed by atoms with Crippen LogP contribution in [0.15, 0.2) is 66.7 Å². The molecule has 5 heteroatoms. The zero-order chi connectivity index (χ0) is 20.4. The van der Waals surface area contributed by atoms with Gasteiger partial charge in [0.1, 0.15) is 0 Å². The van der Waals surface area contributed by atoms with Crippen molar-refractivity contribution < 1.29 is 14.3 Å². The zero-order valence-electron chi connectivity index (χ0n) is 16.4. The summed E-state index contributed by atoms with van der Waals surface area (Å²) in [6.45, 7) is 0.605. The standard InChI is InChI=1S/C24H22ClNO3/c1-28-21-14-17-11-12-26(24(27)16-7-4-3-5-8-16)23(20(17)15-22(21)29-2)18-9-6-10-19(25)13-18/h3-10,13-15,23H,11-12H2,1-2H3. The number of halogens is 1. The van der Waals surface area contributed by atoms with E-state index in [-0.39, 0.29) is 11.9 Å². The average molecular weight is 408 g/mol. The van der Waals surface area contributed by atoms with Crippen LogP contribution >= 0.6 is 11.6 Å². The minimum absolute atomic E-state index is 0.00369. The Kier molecular flexibility index (Phi) is 5.45. The molecule has 148 valence electrons. The van der Waals surface area contributed by atoms with Crippen LogP contribution in [0, 0.1) is 0 Å². The molecule has 3 aromatic carbocycles. The van der Waals surface area contributed by atoms with Gasteiger partial charge in [0.2, 0.25) is 0 Å². The maximum absolute atomic E-state index is 13.4. The Morgan fingerprint density at radius 3 is 2.38 bits per heavy atom. The number of rotatable bonds is 4. The first-order valence-electron chi connectivity index (χ1n) is 9.48. The van der Waals surface area contributed by atoms with Crippen LogP contribution in [0.4, 0.5) is 0 Å². The molecule has 4 rings (SSSR count). The molecule has 0 saturated carbocycles. The molecule has 1 unspecified atom stereocenters. The maximum Gasteiger partial charge on any atom is 0.254 e. The molecule has 0 aromatic heterocycles. The van der Waals surface area contributed by atoms with Crippen molar-refractivity contribution in [2.45, 2.75) is 12.5 Å². The summed E-state index contributed by atoms with van der Waals surface area (Å²) in [6, 6.07) is 20.8. The molecule has 0 N–H and O–H groups in total. The summed E-state index contributed by atoms with van der Waals surface area (Å²) >= 11 is 6.29. The van der Waals surface area contributed by atoms with Crippen molar-refractivity contribution in [3.05, 3.63) is 94.0 Å². The van der Waals surface area contributed by atoms with Crippen molar-refractivity contribution in [1.82, 2.24) is 4.90 Å². The van der Waals surface area contributed by atoms with Crippen LogP contribution in [0.3, 0.4) is 0 Å². The van der Waals surface area contributed by atoms with Gasteiger partial charge in [0.25, 0.3) is 5.91 Å². The fourth-order valence-electron chi connectivity index (χ4n) is 3.95. The number of amides is 1. The molecule has 1 atom stereocenters. The van der Waals surface area contributed by atoms with Crippen LogP contribution in [0.2, 0.25) is 5.02 Å². The lowest BCUT2D eigenvalue weighted by Gasteiger charge is -2.38. The molecule has 0 aliphatic carbocycles. The molecule has 29 heavy (non-hydrogen) atoms. The highest BCUT2D eigenvalue weighted by atomic mass is 35.5. The molecular formula is C24H22ClNO3. The fourth-order valence-corrected chi connectivity index (χ4v) is 4.15. The van der Waals surface area contributed by atoms with Crippen LogP contribution in [-0.4, -0.2) is 31.6 Å². The number of methoxy groups -OCH3 is 2. The van der Waals surface area contributed by atoms with Gasteiger partial charge in [-0.2, -0.15) is 0 Å². The molecular weight excluding hydrogens is 386 g/mol. The fraction of sp³-hybridized carbons (Fsp3) is 0.208. The molecule has 4 nitrogen and oxygen atoms in total. The van der Waals surface area contributed by atoms with E-state index in [9.17, 15) is 4.79 Å². The highest BCUT2D eigenvalue weighted by molar-refractivity contribution is 6.30. The lowest BCUT2D eigenvalue weighted by Crippen LogP contribution is -2.40. The summed E-state index contributed by atoms with van der Waals surface area (Å²) < 4.78 is 11.0. The van der Waals surface area contributed by atoms with Crippen LogP contribution < -0.4 is 9.47 Å². The molecule has 0 spiro atoms. The number of carbonyl (C=O) groups is 1. The van der Waals surface area contributed by atoms with E-state index < -0.39 is 0 Å². The van der Waals surface area contributed by atoms with E-state index in [2.05, 4.69) is 0 Å². The number of carbonyl (C=O) groups excluding carboxylic acids is 1. The second-order valence-corrected chi connectivity index (χ2v) is 7.41. The first-order chi connectivity index (χ1) is 14.1. The second-order valence-electron chi connectivity index (χ2n) is 6.98. The van der Waals surface area contributed by atoms with Crippen molar-refractivity contribution in [2.75, 3.05) is 20.8 Å².